The summed E-state index contributed by atoms with van der Waals surface area (Å²) in [5.41, 5.74) is 5.43. The molecule has 13 heteroatoms. The number of amides is 2. The van der Waals surface area contributed by atoms with Crippen LogP contribution in [-0.4, -0.2) is 89.6 Å². The van der Waals surface area contributed by atoms with Crippen molar-refractivity contribution in [3.8, 4) is 28.7 Å². The van der Waals surface area contributed by atoms with Crippen LogP contribution in [0.1, 0.15) is 71.3 Å². The van der Waals surface area contributed by atoms with Gasteiger partial charge in [-0.25, -0.2) is 0 Å². The van der Waals surface area contributed by atoms with E-state index in [0.717, 1.165) is 16.7 Å². The SMILES string of the molecule is COc1c(C)cc2c(c1O)[C@H]1C3Cc4c(OC(C)=O)c(C)c5c(c4[C@H](CNC(=O)[C@H](C)NC(=O)CCc4ccccc4)N3C(O)[C@@H](C2)N1C)OCO5. The Morgan fingerprint density at radius 2 is 1.77 bits per heavy atom. The molecule has 1 fully saturated rings. The molecule has 4 aliphatic rings. The van der Waals surface area contributed by atoms with E-state index in [0.29, 0.717) is 64.5 Å². The second-order valence-electron chi connectivity index (χ2n) is 14.2. The Bertz CT molecular complexity index is 1920. The summed E-state index contributed by atoms with van der Waals surface area (Å²) in [6.07, 6.45) is 0.572. The fourth-order valence-corrected chi connectivity index (χ4v) is 8.75. The first-order chi connectivity index (χ1) is 24.9. The molecule has 7 rings (SSSR count). The highest BCUT2D eigenvalue weighted by Crippen LogP contribution is 2.58. The van der Waals surface area contributed by atoms with Crippen LogP contribution in [0.15, 0.2) is 36.4 Å². The van der Waals surface area contributed by atoms with Crippen LogP contribution in [0.4, 0.5) is 0 Å². The van der Waals surface area contributed by atoms with Crippen LogP contribution in [0.5, 0.6) is 28.7 Å². The van der Waals surface area contributed by atoms with Crippen LogP contribution >= 0.6 is 0 Å². The number of aromatic hydroxyl groups is 1. The zero-order valence-electron chi connectivity index (χ0n) is 30.3. The highest BCUT2D eigenvalue weighted by Gasteiger charge is 2.56. The summed E-state index contributed by atoms with van der Waals surface area (Å²) in [5, 5.41) is 29.8. The highest BCUT2D eigenvalue weighted by molar-refractivity contribution is 5.87. The molecule has 52 heavy (non-hydrogen) atoms. The molecule has 2 unspecified atom stereocenters. The van der Waals surface area contributed by atoms with Gasteiger partial charge in [-0.1, -0.05) is 36.4 Å². The average molecular weight is 715 g/mol. The van der Waals surface area contributed by atoms with Gasteiger partial charge in [0.1, 0.15) is 18.0 Å². The van der Waals surface area contributed by atoms with Crippen LogP contribution < -0.4 is 29.6 Å². The van der Waals surface area contributed by atoms with Crippen molar-refractivity contribution in [2.45, 2.75) is 89.8 Å². The molecule has 13 nitrogen and oxygen atoms in total. The normalized spacial score (nSPS) is 23.5. The molecule has 2 amide bonds. The number of carbonyl (C=O) groups is 3. The monoisotopic (exact) mass is 714 g/mol. The molecule has 2 bridgehead atoms. The zero-order chi connectivity index (χ0) is 37.0. The fourth-order valence-electron chi connectivity index (χ4n) is 8.75. The molecule has 0 spiro atoms. The Morgan fingerprint density at radius 3 is 2.48 bits per heavy atom. The van der Waals surface area contributed by atoms with E-state index in [4.69, 9.17) is 18.9 Å². The number of aryl methyl sites for hydroxylation is 2. The number of hydrogen-bond donors (Lipinski definition) is 4. The van der Waals surface area contributed by atoms with Crippen LogP contribution in [0.25, 0.3) is 0 Å². The van der Waals surface area contributed by atoms with E-state index in [1.165, 1.54) is 14.0 Å². The van der Waals surface area contributed by atoms with E-state index < -0.39 is 42.3 Å². The molecule has 3 aromatic rings. The fraction of sp³-hybridized carbons (Fsp3) is 0.462. The van der Waals surface area contributed by atoms with Gasteiger partial charge in [0.2, 0.25) is 18.6 Å². The van der Waals surface area contributed by atoms with Gasteiger partial charge in [-0.05, 0) is 63.8 Å². The second kappa shape index (κ2) is 13.9. The maximum Gasteiger partial charge on any atom is 0.308 e. The van der Waals surface area contributed by atoms with E-state index in [1.807, 2.05) is 62.2 Å². The number of nitrogens with zero attached hydrogens (tertiary/aromatic N) is 2. The number of benzene rings is 3. The number of methoxy groups -OCH3 is 1. The predicted molar refractivity (Wildman–Crippen MR) is 189 cm³/mol. The quantitative estimate of drug-likeness (QED) is 0.191. The van der Waals surface area contributed by atoms with Crippen molar-refractivity contribution in [3.05, 3.63) is 75.3 Å². The van der Waals surface area contributed by atoms with Crippen molar-refractivity contribution < 1.29 is 43.5 Å². The van der Waals surface area contributed by atoms with Gasteiger partial charge in [-0.3, -0.25) is 24.2 Å². The number of fused-ring (bicyclic) bond motifs is 9. The van der Waals surface area contributed by atoms with Gasteiger partial charge in [0.05, 0.1) is 25.2 Å². The van der Waals surface area contributed by atoms with Gasteiger partial charge in [0.25, 0.3) is 0 Å². The third-order valence-corrected chi connectivity index (χ3v) is 11.1. The summed E-state index contributed by atoms with van der Waals surface area (Å²) in [4.78, 5) is 43.0. The van der Waals surface area contributed by atoms with Crippen molar-refractivity contribution in [2.24, 2.45) is 0 Å². The Balaban J connectivity index is 1.26. The number of hydrogen-bond acceptors (Lipinski definition) is 11. The summed E-state index contributed by atoms with van der Waals surface area (Å²) in [7, 11) is 3.47. The lowest BCUT2D eigenvalue weighted by atomic mass is 9.73. The average Bonchev–Trinajstić information content (AvgIpc) is 3.61. The molecule has 0 aliphatic carbocycles. The van der Waals surface area contributed by atoms with Crippen molar-refractivity contribution in [1.82, 2.24) is 20.4 Å². The maximum absolute atomic E-state index is 13.6. The Labute approximate surface area is 302 Å². The van der Waals surface area contributed by atoms with Crippen molar-refractivity contribution in [1.29, 1.82) is 0 Å². The third-order valence-electron chi connectivity index (χ3n) is 11.1. The van der Waals surface area contributed by atoms with Crippen molar-refractivity contribution in [2.75, 3.05) is 27.5 Å². The number of aliphatic hydroxyl groups is 1. The number of phenols is 1. The molecule has 1 saturated heterocycles. The zero-order valence-corrected chi connectivity index (χ0v) is 30.3. The van der Waals surface area contributed by atoms with Gasteiger partial charge in [-0.15, -0.1) is 0 Å². The lowest BCUT2D eigenvalue weighted by Gasteiger charge is -2.60. The van der Waals surface area contributed by atoms with E-state index in [-0.39, 0.29) is 37.5 Å². The van der Waals surface area contributed by atoms with E-state index >= 15 is 0 Å². The largest absolute Gasteiger partial charge is 0.504 e. The number of phenolic OH excluding ortho intramolecular Hbond substituents is 1. The summed E-state index contributed by atoms with van der Waals surface area (Å²) < 4.78 is 23.5. The molecule has 4 aliphatic heterocycles. The molecule has 4 N–H and O–H groups in total. The minimum absolute atomic E-state index is 0.0290. The standard InChI is InChI=1S/C39H46N4O9/c1-19-14-24-15-27-39(48)43-26(32(42(27)5)30(24)33(46)34(19)49-6)16-25-31(37-36(50-18-51-37)20(2)35(25)52-22(4)44)28(43)17-40-38(47)21(3)41-29(45)13-12-23-10-8-7-9-11-23/h7-11,14,21,26-28,32,39,46,48H,12-13,15-18H2,1-6H3,(H,40,47)(H,41,45)/t21-,26?,27+,28-,32+,39?/m0/s1. The molecule has 276 valence electrons. The predicted octanol–water partition coefficient (Wildman–Crippen LogP) is 3.12. The molecule has 0 radical (unpaired) electrons. The molecule has 6 atom stereocenters. The molecule has 0 aromatic heterocycles. The van der Waals surface area contributed by atoms with Gasteiger partial charge in [0.15, 0.2) is 23.0 Å². The van der Waals surface area contributed by atoms with Crippen LogP contribution in [0, 0.1) is 13.8 Å². The molecule has 4 heterocycles. The van der Waals surface area contributed by atoms with E-state index in [2.05, 4.69) is 15.5 Å². The Kier molecular flexibility index (Phi) is 9.53. The van der Waals surface area contributed by atoms with Crippen LogP contribution in [-0.2, 0) is 33.6 Å². The summed E-state index contributed by atoms with van der Waals surface area (Å²) in [6, 6.07) is 8.97. The number of piperazine rings is 1. The topological polar surface area (TPSA) is 159 Å². The molecule has 3 aromatic carbocycles. The number of esters is 1. The molecule has 0 saturated carbocycles. The first-order valence-electron chi connectivity index (χ1n) is 17.7. The van der Waals surface area contributed by atoms with Gasteiger partial charge in [-0.2, -0.15) is 0 Å². The van der Waals surface area contributed by atoms with Crippen molar-refractivity contribution in [3.63, 3.8) is 0 Å². The van der Waals surface area contributed by atoms with E-state index in [9.17, 15) is 24.6 Å². The lowest BCUT2D eigenvalue weighted by molar-refractivity contribution is -0.172. The smallest absolute Gasteiger partial charge is 0.308 e. The van der Waals surface area contributed by atoms with Crippen molar-refractivity contribution >= 4 is 17.8 Å². The number of rotatable bonds is 9. The molecular weight excluding hydrogens is 668 g/mol. The second-order valence-corrected chi connectivity index (χ2v) is 14.2. The first kappa shape index (κ1) is 35.5. The van der Waals surface area contributed by atoms with Gasteiger partial charge in [0, 0.05) is 48.2 Å². The van der Waals surface area contributed by atoms with Crippen LogP contribution in [0.3, 0.4) is 0 Å². The van der Waals surface area contributed by atoms with Gasteiger partial charge >= 0.3 is 5.97 Å². The van der Waals surface area contributed by atoms with E-state index in [1.54, 1.807) is 6.92 Å². The highest BCUT2D eigenvalue weighted by atomic mass is 16.7. The number of aliphatic hydroxyl groups excluding tert-OH is 1. The third kappa shape index (κ3) is 6.00. The molecular formula is C39H46N4O9. The summed E-state index contributed by atoms with van der Waals surface area (Å²) in [5.74, 6) is 0.561. The maximum atomic E-state index is 13.6. The Morgan fingerprint density at radius 1 is 1.04 bits per heavy atom. The number of nitrogens with one attached hydrogen (secondary N) is 2. The minimum atomic E-state index is -0.995. The first-order valence-corrected chi connectivity index (χ1v) is 17.7. The number of likely N-dealkylation sites (N-methyl/N-ethyl adjacent to an activating group) is 1. The summed E-state index contributed by atoms with van der Waals surface area (Å²) >= 11 is 0. The number of ether oxygens (including phenoxy) is 4. The summed E-state index contributed by atoms with van der Waals surface area (Å²) in [6.45, 7) is 6.65. The van der Waals surface area contributed by atoms with Gasteiger partial charge < -0.3 is 39.8 Å². The Hall–Kier alpha value is -4.85. The minimum Gasteiger partial charge on any atom is -0.504 e. The number of carbonyl (C=O) groups excluding carboxylic acids is 3. The lowest BCUT2D eigenvalue weighted by Crippen LogP contribution is -2.69. The van der Waals surface area contributed by atoms with Crippen LogP contribution in [0.2, 0.25) is 0 Å².